The van der Waals surface area contributed by atoms with E-state index in [4.69, 9.17) is 4.74 Å². The number of aromatic nitrogens is 2. The summed E-state index contributed by atoms with van der Waals surface area (Å²) in [5.41, 5.74) is 0.256. The van der Waals surface area contributed by atoms with Crippen LogP contribution < -0.4 is 10.6 Å². The van der Waals surface area contributed by atoms with Gasteiger partial charge in [-0.15, -0.1) is 0 Å². The Labute approximate surface area is 155 Å². The number of nitrogens with zero attached hydrogens (tertiary/aromatic N) is 1. The summed E-state index contributed by atoms with van der Waals surface area (Å²) in [4.78, 5) is 24.6. The number of amides is 2. The molecule has 0 spiro atoms. The van der Waals surface area contributed by atoms with E-state index in [1.807, 2.05) is 27.7 Å². The Morgan fingerprint density at radius 2 is 1.96 bits per heavy atom. The molecule has 2 amide bonds. The van der Waals surface area contributed by atoms with Crippen LogP contribution in [0.3, 0.4) is 0 Å². The number of carbonyl (C=O) groups is 2. The molecule has 1 atom stereocenters. The molecule has 7 nitrogen and oxygen atoms in total. The maximum absolute atomic E-state index is 12.6. The summed E-state index contributed by atoms with van der Waals surface area (Å²) in [7, 11) is 0. The van der Waals surface area contributed by atoms with E-state index in [1.54, 1.807) is 6.07 Å². The van der Waals surface area contributed by atoms with Crippen molar-refractivity contribution in [3.05, 3.63) is 17.5 Å². The summed E-state index contributed by atoms with van der Waals surface area (Å²) >= 11 is 0. The lowest BCUT2D eigenvalue weighted by Crippen LogP contribution is -2.55. The molecule has 0 saturated heterocycles. The average molecular weight is 364 g/mol. The molecule has 2 rings (SSSR count). The predicted molar refractivity (Wildman–Crippen MR) is 100.0 cm³/mol. The highest BCUT2D eigenvalue weighted by molar-refractivity contribution is 5.93. The summed E-state index contributed by atoms with van der Waals surface area (Å²) < 4.78 is 5.28. The normalized spacial score (nSPS) is 16.9. The van der Waals surface area contributed by atoms with Crippen molar-refractivity contribution >= 4 is 12.0 Å². The maximum Gasteiger partial charge on any atom is 0.407 e. The van der Waals surface area contributed by atoms with Crippen molar-refractivity contribution in [2.75, 3.05) is 6.54 Å². The molecule has 0 aliphatic heterocycles. The molecular formula is C19H32N4O3. The molecule has 1 fully saturated rings. The van der Waals surface area contributed by atoms with E-state index in [1.165, 1.54) is 0 Å². The summed E-state index contributed by atoms with van der Waals surface area (Å²) in [6.07, 6.45) is 2.44. The highest BCUT2D eigenvalue weighted by Gasteiger charge is 2.43. The number of hydrogen-bond acceptors (Lipinski definition) is 4. The second kappa shape index (κ2) is 7.68. The van der Waals surface area contributed by atoms with E-state index in [0.717, 1.165) is 25.0 Å². The first-order valence-corrected chi connectivity index (χ1v) is 9.32. The third kappa shape index (κ3) is 6.04. The molecule has 7 heteroatoms. The van der Waals surface area contributed by atoms with Gasteiger partial charge in [0.25, 0.3) is 5.91 Å². The van der Waals surface area contributed by atoms with Gasteiger partial charge in [-0.25, -0.2) is 4.79 Å². The molecule has 1 heterocycles. The summed E-state index contributed by atoms with van der Waals surface area (Å²) in [5.74, 6) is 0.605. The molecule has 1 unspecified atom stereocenters. The molecule has 146 valence electrons. The third-order valence-corrected chi connectivity index (χ3v) is 4.37. The largest absolute Gasteiger partial charge is 0.444 e. The van der Waals surface area contributed by atoms with Gasteiger partial charge in [0.2, 0.25) is 0 Å². The Kier molecular flexibility index (Phi) is 5.98. The molecular weight excluding hydrogens is 332 g/mol. The van der Waals surface area contributed by atoms with Gasteiger partial charge in [0, 0.05) is 12.2 Å². The zero-order chi connectivity index (χ0) is 19.5. The van der Waals surface area contributed by atoms with Gasteiger partial charge in [-0.05, 0) is 64.9 Å². The SMILES string of the molecule is CC(C)Cc1cc(C(=O)NC(C)(CNC(=O)OC(C)(C)C)C2CC2)n[nH]1. The topological polar surface area (TPSA) is 96.1 Å². The lowest BCUT2D eigenvalue weighted by molar-refractivity contribution is 0.0502. The van der Waals surface area contributed by atoms with E-state index in [0.29, 0.717) is 24.1 Å². The summed E-state index contributed by atoms with van der Waals surface area (Å²) in [5, 5.41) is 12.9. The van der Waals surface area contributed by atoms with Gasteiger partial charge in [0.1, 0.15) is 11.3 Å². The van der Waals surface area contributed by atoms with Crippen molar-refractivity contribution in [2.45, 2.75) is 71.9 Å². The Morgan fingerprint density at radius 1 is 1.31 bits per heavy atom. The van der Waals surface area contributed by atoms with Crippen LogP contribution in [0.2, 0.25) is 0 Å². The highest BCUT2D eigenvalue weighted by atomic mass is 16.6. The van der Waals surface area contributed by atoms with Crippen molar-refractivity contribution < 1.29 is 14.3 Å². The van der Waals surface area contributed by atoms with E-state index in [9.17, 15) is 9.59 Å². The van der Waals surface area contributed by atoms with Crippen molar-refractivity contribution in [3.8, 4) is 0 Å². The number of alkyl carbamates (subject to hydrolysis) is 1. The number of hydrogen-bond donors (Lipinski definition) is 3. The van der Waals surface area contributed by atoms with Gasteiger partial charge >= 0.3 is 6.09 Å². The highest BCUT2D eigenvalue weighted by Crippen LogP contribution is 2.39. The van der Waals surface area contributed by atoms with Crippen LogP contribution in [0.5, 0.6) is 0 Å². The fraction of sp³-hybridized carbons (Fsp3) is 0.737. The standard InChI is InChI=1S/C19H32N4O3/c1-12(2)9-14-10-15(23-22-14)16(24)21-19(6,13-7-8-13)11-20-17(25)26-18(3,4)5/h10,12-13H,7-9,11H2,1-6H3,(H,20,25)(H,21,24)(H,22,23). The van der Waals surface area contributed by atoms with Crippen LogP contribution >= 0.6 is 0 Å². The van der Waals surface area contributed by atoms with Crippen molar-refractivity contribution in [1.82, 2.24) is 20.8 Å². The van der Waals surface area contributed by atoms with E-state index >= 15 is 0 Å². The number of aromatic amines is 1. The van der Waals surface area contributed by atoms with Crippen LogP contribution in [-0.4, -0.2) is 39.9 Å². The molecule has 0 aromatic carbocycles. The smallest absolute Gasteiger partial charge is 0.407 e. The van der Waals surface area contributed by atoms with Gasteiger partial charge in [0.15, 0.2) is 0 Å². The van der Waals surface area contributed by atoms with Crippen LogP contribution in [0.15, 0.2) is 6.07 Å². The second-order valence-corrected chi connectivity index (χ2v) is 8.88. The van der Waals surface area contributed by atoms with E-state index in [2.05, 4.69) is 34.7 Å². The van der Waals surface area contributed by atoms with Crippen LogP contribution in [-0.2, 0) is 11.2 Å². The summed E-state index contributed by atoms with van der Waals surface area (Å²) in [6, 6.07) is 1.80. The minimum atomic E-state index is -0.550. The Balaban J connectivity index is 1.97. The molecule has 1 aliphatic carbocycles. The Bertz CT molecular complexity index is 643. The fourth-order valence-corrected chi connectivity index (χ4v) is 2.93. The lowest BCUT2D eigenvalue weighted by Gasteiger charge is -2.31. The Hall–Kier alpha value is -2.05. The molecule has 0 radical (unpaired) electrons. The molecule has 0 bridgehead atoms. The predicted octanol–water partition coefficient (Wildman–Crippen LogP) is 3.03. The van der Waals surface area contributed by atoms with Gasteiger partial charge in [0.05, 0.1) is 5.54 Å². The zero-order valence-corrected chi connectivity index (χ0v) is 16.7. The lowest BCUT2D eigenvalue weighted by atomic mass is 9.95. The first-order valence-electron chi connectivity index (χ1n) is 9.32. The third-order valence-electron chi connectivity index (χ3n) is 4.37. The van der Waals surface area contributed by atoms with Gasteiger partial charge < -0.3 is 15.4 Å². The molecule has 1 aromatic heterocycles. The molecule has 1 saturated carbocycles. The fourth-order valence-electron chi connectivity index (χ4n) is 2.93. The van der Waals surface area contributed by atoms with Crippen LogP contribution in [0.4, 0.5) is 4.79 Å². The van der Waals surface area contributed by atoms with Gasteiger partial charge in [-0.3, -0.25) is 9.89 Å². The maximum atomic E-state index is 12.6. The van der Waals surface area contributed by atoms with Crippen LogP contribution in [0, 0.1) is 11.8 Å². The first kappa shape index (κ1) is 20.3. The minimum Gasteiger partial charge on any atom is -0.444 e. The molecule has 1 aliphatic rings. The minimum absolute atomic E-state index is 0.225. The van der Waals surface area contributed by atoms with Crippen molar-refractivity contribution in [2.24, 2.45) is 11.8 Å². The van der Waals surface area contributed by atoms with Gasteiger partial charge in [-0.1, -0.05) is 13.8 Å². The molecule has 1 aromatic rings. The number of H-pyrrole nitrogens is 1. The second-order valence-electron chi connectivity index (χ2n) is 8.88. The van der Waals surface area contributed by atoms with E-state index < -0.39 is 17.2 Å². The van der Waals surface area contributed by atoms with Crippen molar-refractivity contribution in [3.63, 3.8) is 0 Å². The quantitative estimate of drug-likeness (QED) is 0.693. The van der Waals surface area contributed by atoms with Crippen LogP contribution in [0.1, 0.15) is 70.6 Å². The number of ether oxygens (including phenoxy) is 1. The van der Waals surface area contributed by atoms with Crippen molar-refractivity contribution in [1.29, 1.82) is 0 Å². The molecule has 26 heavy (non-hydrogen) atoms. The van der Waals surface area contributed by atoms with Gasteiger partial charge in [-0.2, -0.15) is 5.10 Å². The number of rotatable bonds is 7. The van der Waals surface area contributed by atoms with E-state index in [-0.39, 0.29) is 5.91 Å². The first-order chi connectivity index (χ1) is 12.0. The number of carbonyl (C=O) groups excluding carboxylic acids is 2. The van der Waals surface area contributed by atoms with Crippen LogP contribution in [0.25, 0.3) is 0 Å². The number of nitrogens with one attached hydrogen (secondary N) is 3. The Morgan fingerprint density at radius 3 is 2.50 bits per heavy atom. The molecule has 3 N–H and O–H groups in total. The zero-order valence-electron chi connectivity index (χ0n) is 16.7. The average Bonchev–Trinajstić information content (AvgIpc) is 3.24. The summed E-state index contributed by atoms with van der Waals surface area (Å²) in [6.45, 7) is 12.0. The monoisotopic (exact) mass is 364 g/mol.